The number of aliphatic hydroxyl groups excluding tert-OH is 2. The molecule has 1 fully saturated rings. The van der Waals surface area contributed by atoms with Gasteiger partial charge in [-0.3, -0.25) is 4.90 Å². The zero-order valence-corrected chi connectivity index (χ0v) is 10.2. The van der Waals surface area contributed by atoms with E-state index in [-0.39, 0.29) is 13.2 Å². The first-order valence-electron chi connectivity index (χ1n) is 6.55. The summed E-state index contributed by atoms with van der Waals surface area (Å²) < 4.78 is 0. The number of nitrogens with zero attached hydrogens (tertiary/aromatic N) is 1. The fraction of sp³-hybridized carbons (Fsp3) is 1.00. The SMILES string of the molecule is OCCNCCN(CCO)C1CCCCC1. The highest BCUT2D eigenvalue weighted by Gasteiger charge is 2.19. The van der Waals surface area contributed by atoms with Crippen molar-refractivity contribution in [3.8, 4) is 0 Å². The highest BCUT2D eigenvalue weighted by Crippen LogP contribution is 2.21. The summed E-state index contributed by atoms with van der Waals surface area (Å²) in [5.41, 5.74) is 0. The van der Waals surface area contributed by atoms with E-state index in [1.54, 1.807) is 0 Å². The zero-order chi connectivity index (χ0) is 11.6. The van der Waals surface area contributed by atoms with Crippen molar-refractivity contribution >= 4 is 0 Å². The monoisotopic (exact) mass is 230 g/mol. The predicted octanol–water partition coefficient (Wildman–Crippen LogP) is 0.195. The highest BCUT2D eigenvalue weighted by atomic mass is 16.3. The Morgan fingerprint density at radius 1 is 0.938 bits per heavy atom. The van der Waals surface area contributed by atoms with E-state index in [0.29, 0.717) is 12.6 Å². The molecule has 96 valence electrons. The van der Waals surface area contributed by atoms with Crippen molar-refractivity contribution in [2.45, 2.75) is 38.1 Å². The van der Waals surface area contributed by atoms with Gasteiger partial charge >= 0.3 is 0 Å². The Morgan fingerprint density at radius 3 is 2.31 bits per heavy atom. The Morgan fingerprint density at radius 2 is 1.69 bits per heavy atom. The van der Waals surface area contributed by atoms with Crippen molar-refractivity contribution in [2.24, 2.45) is 0 Å². The van der Waals surface area contributed by atoms with E-state index in [4.69, 9.17) is 10.2 Å². The Labute approximate surface area is 98.6 Å². The van der Waals surface area contributed by atoms with Crippen LogP contribution in [0.4, 0.5) is 0 Å². The summed E-state index contributed by atoms with van der Waals surface area (Å²) >= 11 is 0. The fourth-order valence-electron chi connectivity index (χ4n) is 2.48. The first-order chi connectivity index (χ1) is 7.88. The van der Waals surface area contributed by atoms with Gasteiger partial charge in [-0.2, -0.15) is 0 Å². The predicted molar refractivity (Wildman–Crippen MR) is 65.5 cm³/mol. The van der Waals surface area contributed by atoms with Crippen molar-refractivity contribution in [1.82, 2.24) is 10.2 Å². The fourth-order valence-corrected chi connectivity index (χ4v) is 2.48. The normalized spacial score (nSPS) is 18.2. The molecular formula is C12H26N2O2. The molecule has 0 heterocycles. The summed E-state index contributed by atoms with van der Waals surface area (Å²) in [6, 6.07) is 0.664. The molecule has 1 saturated carbocycles. The summed E-state index contributed by atoms with van der Waals surface area (Å²) in [5.74, 6) is 0. The summed E-state index contributed by atoms with van der Waals surface area (Å²) in [6.45, 7) is 3.77. The van der Waals surface area contributed by atoms with Crippen LogP contribution in [0.2, 0.25) is 0 Å². The molecule has 0 bridgehead atoms. The quantitative estimate of drug-likeness (QED) is 0.521. The lowest BCUT2D eigenvalue weighted by Crippen LogP contribution is -2.42. The largest absolute Gasteiger partial charge is 0.395 e. The second-order valence-corrected chi connectivity index (χ2v) is 4.53. The molecule has 16 heavy (non-hydrogen) atoms. The molecule has 0 saturated heterocycles. The van der Waals surface area contributed by atoms with E-state index >= 15 is 0 Å². The van der Waals surface area contributed by atoms with Crippen LogP contribution in [0.3, 0.4) is 0 Å². The van der Waals surface area contributed by atoms with Crippen molar-refractivity contribution in [3.63, 3.8) is 0 Å². The third-order valence-corrected chi connectivity index (χ3v) is 3.34. The average Bonchev–Trinajstić information content (AvgIpc) is 2.34. The maximum atomic E-state index is 9.07. The van der Waals surface area contributed by atoms with Gasteiger partial charge in [-0.25, -0.2) is 0 Å². The number of hydrogen-bond acceptors (Lipinski definition) is 4. The number of hydrogen-bond donors (Lipinski definition) is 3. The summed E-state index contributed by atoms with van der Waals surface area (Å²) in [7, 11) is 0. The van der Waals surface area contributed by atoms with Crippen LogP contribution >= 0.6 is 0 Å². The van der Waals surface area contributed by atoms with Gasteiger partial charge in [-0.15, -0.1) is 0 Å². The van der Waals surface area contributed by atoms with E-state index in [1.807, 2.05) is 0 Å². The van der Waals surface area contributed by atoms with Gasteiger partial charge in [0.2, 0.25) is 0 Å². The van der Waals surface area contributed by atoms with Crippen molar-refractivity contribution in [2.75, 3.05) is 39.4 Å². The summed E-state index contributed by atoms with van der Waals surface area (Å²) in [5, 5.41) is 20.9. The molecule has 0 amide bonds. The summed E-state index contributed by atoms with van der Waals surface area (Å²) in [6.07, 6.45) is 6.58. The number of rotatable bonds is 8. The molecule has 0 aromatic heterocycles. The first-order valence-corrected chi connectivity index (χ1v) is 6.55. The smallest absolute Gasteiger partial charge is 0.0558 e. The van der Waals surface area contributed by atoms with Crippen molar-refractivity contribution in [3.05, 3.63) is 0 Å². The van der Waals surface area contributed by atoms with Crippen LogP contribution < -0.4 is 5.32 Å². The second-order valence-electron chi connectivity index (χ2n) is 4.53. The van der Waals surface area contributed by atoms with Crippen LogP contribution in [0.25, 0.3) is 0 Å². The molecule has 1 rings (SSSR count). The lowest BCUT2D eigenvalue weighted by Gasteiger charge is -2.34. The van der Waals surface area contributed by atoms with Gasteiger partial charge in [-0.1, -0.05) is 19.3 Å². The summed E-state index contributed by atoms with van der Waals surface area (Å²) in [4.78, 5) is 2.39. The van der Waals surface area contributed by atoms with Crippen LogP contribution in [0, 0.1) is 0 Å². The van der Waals surface area contributed by atoms with E-state index < -0.39 is 0 Å². The first kappa shape index (κ1) is 13.9. The van der Waals surface area contributed by atoms with Gasteiger partial charge in [0.25, 0.3) is 0 Å². The molecule has 0 aliphatic heterocycles. The Bertz CT molecular complexity index is 161. The lowest BCUT2D eigenvalue weighted by molar-refractivity contribution is 0.124. The van der Waals surface area contributed by atoms with E-state index in [9.17, 15) is 0 Å². The van der Waals surface area contributed by atoms with Gasteiger partial charge in [0.15, 0.2) is 0 Å². The molecule has 0 radical (unpaired) electrons. The standard InChI is InChI=1S/C12H26N2O2/c15-10-7-13-6-8-14(9-11-16)12-4-2-1-3-5-12/h12-13,15-16H,1-11H2. The average molecular weight is 230 g/mol. The topological polar surface area (TPSA) is 55.7 Å². The molecule has 0 aromatic carbocycles. The van der Waals surface area contributed by atoms with Crippen LogP contribution in [0.1, 0.15) is 32.1 Å². The minimum Gasteiger partial charge on any atom is -0.395 e. The van der Waals surface area contributed by atoms with E-state index in [0.717, 1.165) is 19.6 Å². The van der Waals surface area contributed by atoms with Crippen LogP contribution in [-0.2, 0) is 0 Å². The molecule has 0 atom stereocenters. The Hall–Kier alpha value is -0.160. The van der Waals surface area contributed by atoms with Crippen LogP contribution in [0.15, 0.2) is 0 Å². The number of aliphatic hydroxyl groups is 2. The van der Waals surface area contributed by atoms with Crippen molar-refractivity contribution < 1.29 is 10.2 Å². The molecule has 0 aromatic rings. The number of nitrogens with one attached hydrogen (secondary N) is 1. The Balaban J connectivity index is 2.22. The minimum absolute atomic E-state index is 0.198. The zero-order valence-electron chi connectivity index (χ0n) is 10.2. The van der Waals surface area contributed by atoms with E-state index in [2.05, 4.69) is 10.2 Å². The lowest BCUT2D eigenvalue weighted by atomic mass is 9.94. The van der Waals surface area contributed by atoms with Gasteiger partial charge in [0, 0.05) is 32.2 Å². The maximum absolute atomic E-state index is 9.07. The van der Waals surface area contributed by atoms with Crippen LogP contribution in [0.5, 0.6) is 0 Å². The van der Waals surface area contributed by atoms with Gasteiger partial charge in [0.05, 0.1) is 13.2 Å². The minimum atomic E-state index is 0.198. The van der Waals surface area contributed by atoms with Crippen LogP contribution in [-0.4, -0.2) is 60.5 Å². The molecule has 4 nitrogen and oxygen atoms in total. The third kappa shape index (κ3) is 5.25. The second kappa shape index (κ2) is 8.93. The molecule has 3 N–H and O–H groups in total. The Kier molecular flexibility index (Phi) is 7.76. The molecular weight excluding hydrogens is 204 g/mol. The molecule has 1 aliphatic carbocycles. The molecule has 0 unspecified atom stereocenters. The molecule has 0 spiro atoms. The molecule has 4 heteroatoms. The van der Waals surface area contributed by atoms with Gasteiger partial charge in [-0.05, 0) is 12.8 Å². The van der Waals surface area contributed by atoms with Gasteiger partial charge < -0.3 is 15.5 Å². The van der Waals surface area contributed by atoms with Gasteiger partial charge in [0.1, 0.15) is 0 Å². The van der Waals surface area contributed by atoms with E-state index in [1.165, 1.54) is 32.1 Å². The maximum Gasteiger partial charge on any atom is 0.0558 e. The third-order valence-electron chi connectivity index (χ3n) is 3.34. The van der Waals surface area contributed by atoms with Crippen molar-refractivity contribution in [1.29, 1.82) is 0 Å². The molecule has 1 aliphatic rings. The highest BCUT2D eigenvalue weighted by molar-refractivity contribution is 4.76.